The molecule has 1 saturated heterocycles. The van der Waals surface area contributed by atoms with Gasteiger partial charge in [0.1, 0.15) is 0 Å². The monoisotopic (exact) mass is 375 g/mol. The van der Waals surface area contributed by atoms with Crippen molar-refractivity contribution in [3.05, 3.63) is 0 Å². The molecule has 4 aliphatic rings. The van der Waals surface area contributed by atoms with Crippen LogP contribution in [0.2, 0.25) is 0 Å². The molecule has 4 fully saturated rings. The van der Waals surface area contributed by atoms with Gasteiger partial charge in [-0.05, 0) is 51.4 Å². The fourth-order valence-corrected chi connectivity index (χ4v) is 5.46. The molecular weight excluding hydrogens is 346 g/mol. The van der Waals surface area contributed by atoms with Crippen LogP contribution in [0.25, 0.3) is 0 Å². The molecule has 26 heavy (non-hydrogen) atoms. The summed E-state index contributed by atoms with van der Waals surface area (Å²) < 4.78 is 2.32. The van der Waals surface area contributed by atoms with Gasteiger partial charge in [0, 0.05) is 31.2 Å². The fraction of sp³-hybridized carbons (Fsp3) is 0.842. The Hall–Kier alpha value is -1.24. The number of carbonyl (C=O) groups excluding carboxylic acids is 1. The zero-order valence-electron chi connectivity index (χ0n) is 15.5. The Bertz CT molecular complexity index is 657. The molecule has 5 rings (SSSR count). The SMILES string of the molecule is O=C(CSc1nnc(N2CCCC2)n1C1CC1)N(C1CCCC1)C1CC1. The average molecular weight is 376 g/mol. The highest BCUT2D eigenvalue weighted by atomic mass is 32.2. The van der Waals surface area contributed by atoms with Gasteiger partial charge in [0.05, 0.1) is 5.75 Å². The van der Waals surface area contributed by atoms with E-state index >= 15 is 0 Å². The molecule has 0 N–H and O–H groups in total. The second kappa shape index (κ2) is 7.06. The van der Waals surface area contributed by atoms with E-state index in [2.05, 4.69) is 24.6 Å². The Morgan fingerprint density at radius 3 is 2.31 bits per heavy atom. The quantitative estimate of drug-likeness (QED) is 0.685. The maximum Gasteiger partial charge on any atom is 0.233 e. The van der Waals surface area contributed by atoms with Crippen LogP contribution in [0.4, 0.5) is 5.95 Å². The van der Waals surface area contributed by atoms with Gasteiger partial charge in [0.2, 0.25) is 11.9 Å². The third kappa shape index (κ3) is 3.35. The van der Waals surface area contributed by atoms with Crippen molar-refractivity contribution in [1.82, 2.24) is 19.7 Å². The molecule has 3 aliphatic carbocycles. The summed E-state index contributed by atoms with van der Waals surface area (Å²) in [5.74, 6) is 1.87. The van der Waals surface area contributed by atoms with Crippen molar-refractivity contribution in [3.63, 3.8) is 0 Å². The van der Waals surface area contributed by atoms with E-state index in [1.165, 1.54) is 64.2 Å². The Labute approximate surface area is 159 Å². The summed E-state index contributed by atoms with van der Waals surface area (Å²) in [5.41, 5.74) is 0. The smallest absolute Gasteiger partial charge is 0.233 e. The Morgan fingerprint density at radius 1 is 0.962 bits per heavy atom. The van der Waals surface area contributed by atoms with Crippen molar-refractivity contribution < 1.29 is 4.79 Å². The molecule has 1 aromatic rings. The average Bonchev–Trinajstić information content (AvgIpc) is 3.47. The first-order chi connectivity index (χ1) is 12.8. The van der Waals surface area contributed by atoms with E-state index in [1.807, 2.05) is 0 Å². The Kier molecular flexibility index (Phi) is 4.59. The summed E-state index contributed by atoms with van der Waals surface area (Å²) in [6.45, 7) is 2.18. The van der Waals surface area contributed by atoms with E-state index < -0.39 is 0 Å². The molecule has 7 heteroatoms. The summed E-state index contributed by atoms with van der Waals surface area (Å²) in [5, 5.41) is 9.92. The Morgan fingerprint density at radius 2 is 1.65 bits per heavy atom. The lowest BCUT2D eigenvalue weighted by Gasteiger charge is -2.29. The van der Waals surface area contributed by atoms with Crippen molar-refractivity contribution in [2.75, 3.05) is 23.7 Å². The molecular formula is C19H29N5OS. The topological polar surface area (TPSA) is 54.3 Å². The standard InChI is InChI=1S/C19H29N5OS/c25-17(23(15-7-8-15)14-5-1-2-6-14)13-26-19-21-20-18(22-11-3-4-12-22)24(19)16-9-10-16/h14-16H,1-13H2. The summed E-state index contributed by atoms with van der Waals surface area (Å²) in [4.78, 5) is 17.6. The van der Waals surface area contributed by atoms with Gasteiger partial charge in [-0.25, -0.2) is 0 Å². The fourth-order valence-electron chi connectivity index (χ4n) is 4.59. The van der Waals surface area contributed by atoms with E-state index in [1.54, 1.807) is 11.8 Å². The van der Waals surface area contributed by atoms with E-state index in [0.717, 1.165) is 24.2 Å². The molecule has 142 valence electrons. The molecule has 1 amide bonds. The number of hydrogen-bond donors (Lipinski definition) is 0. The van der Waals surface area contributed by atoms with Crippen molar-refractivity contribution in [1.29, 1.82) is 0 Å². The van der Waals surface area contributed by atoms with Crippen LogP contribution in [-0.4, -0.2) is 56.5 Å². The van der Waals surface area contributed by atoms with Crippen molar-refractivity contribution in [2.24, 2.45) is 0 Å². The summed E-state index contributed by atoms with van der Waals surface area (Å²) >= 11 is 1.61. The third-order valence-electron chi connectivity index (χ3n) is 6.22. The first-order valence-corrected chi connectivity index (χ1v) is 11.4. The molecule has 0 atom stereocenters. The molecule has 0 bridgehead atoms. The number of nitrogens with zero attached hydrogens (tertiary/aromatic N) is 5. The number of hydrogen-bond acceptors (Lipinski definition) is 5. The normalized spacial score (nSPS) is 23.8. The van der Waals surface area contributed by atoms with Crippen molar-refractivity contribution in [3.8, 4) is 0 Å². The van der Waals surface area contributed by atoms with Crippen LogP contribution >= 0.6 is 11.8 Å². The van der Waals surface area contributed by atoms with Crippen LogP contribution in [0.15, 0.2) is 5.16 Å². The van der Waals surface area contributed by atoms with Gasteiger partial charge in [-0.15, -0.1) is 10.2 Å². The maximum absolute atomic E-state index is 13.0. The summed E-state index contributed by atoms with van der Waals surface area (Å²) in [7, 11) is 0. The van der Waals surface area contributed by atoms with Crippen molar-refractivity contribution in [2.45, 2.75) is 87.5 Å². The Balaban J connectivity index is 1.28. The van der Waals surface area contributed by atoms with E-state index in [-0.39, 0.29) is 0 Å². The first kappa shape index (κ1) is 16.9. The van der Waals surface area contributed by atoms with E-state index in [4.69, 9.17) is 0 Å². The molecule has 0 unspecified atom stereocenters. The number of amides is 1. The minimum absolute atomic E-state index is 0.317. The van der Waals surface area contributed by atoms with Crippen LogP contribution in [0.1, 0.15) is 70.3 Å². The van der Waals surface area contributed by atoms with Crippen LogP contribution in [0.5, 0.6) is 0 Å². The molecule has 0 aromatic carbocycles. The maximum atomic E-state index is 13.0. The lowest BCUT2D eigenvalue weighted by Crippen LogP contribution is -2.41. The van der Waals surface area contributed by atoms with E-state index in [9.17, 15) is 4.79 Å². The van der Waals surface area contributed by atoms with Gasteiger partial charge >= 0.3 is 0 Å². The zero-order chi connectivity index (χ0) is 17.5. The van der Waals surface area contributed by atoms with Crippen LogP contribution < -0.4 is 4.90 Å². The third-order valence-corrected chi connectivity index (χ3v) is 7.15. The predicted molar refractivity (Wildman–Crippen MR) is 103 cm³/mol. The molecule has 0 radical (unpaired) electrons. The van der Waals surface area contributed by atoms with E-state index in [0.29, 0.717) is 29.8 Å². The van der Waals surface area contributed by atoms with Crippen LogP contribution in [-0.2, 0) is 4.79 Å². The van der Waals surface area contributed by atoms with Gasteiger partial charge in [0.15, 0.2) is 5.16 Å². The largest absolute Gasteiger partial charge is 0.341 e. The van der Waals surface area contributed by atoms with Gasteiger partial charge in [0.25, 0.3) is 0 Å². The van der Waals surface area contributed by atoms with Crippen LogP contribution in [0, 0.1) is 0 Å². The molecule has 6 nitrogen and oxygen atoms in total. The molecule has 1 aromatic heterocycles. The molecule has 1 aliphatic heterocycles. The predicted octanol–water partition coefficient (Wildman–Crippen LogP) is 3.24. The highest BCUT2D eigenvalue weighted by molar-refractivity contribution is 7.99. The second-order valence-corrected chi connectivity index (χ2v) is 9.28. The lowest BCUT2D eigenvalue weighted by atomic mass is 10.2. The lowest BCUT2D eigenvalue weighted by molar-refractivity contribution is -0.131. The highest BCUT2D eigenvalue weighted by Crippen LogP contribution is 2.42. The summed E-state index contributed by atoms with van der Waals surface area (Å²) in [6.07, 6.45) is 12.3. The van der Waals surface area contributed by atoms with Gasteiger partial charge in [-0.1, -0.05) is 24.6 Å². The second-order valence-electron chi connectivity index (χ2n) is 8.34. The summed E-state index contributed by atoms with van der Waals surface area (Å²) in [6, 6.07) is 1.57. The highest BCUT2D eigenvalue weighted by Gasteiger charge is 2.38. The number of thioether (sulfide) groups is 1. The van der Waals surface area contributed by atoms with Crippen molar-refractivity contribution >= 4 is 23.6 Å². The number of rotatable bonds is 7. The molecule has 2 heterocycles. The molecule has 0 spiro atoms. The minimum atomic E-state index is 0.317. The number of aromatic nitrogens is 3. The van der Waals surface area contributed by atoms with Gasteiger partial charge < -0.3 is 9.80 Å². The van der Waals surface area contributed by atoms with Crippen LogP contribution in [0.3, 0.4) is 0 Å². The minimum Gasteiger partial charge on any atom is -0.341 e. The number of carbonyl (C=O) groups is 1. The van der Waals surface area contributed by atoms with Gasteiger partial charge in [-0.3, -0.25) is 9.36 Å². The zero-order valence-corrected chi connectivity index (χ0v) is 16.3. The molecule has 3 saturated carbocycles. The number of anilines is 1. The van der Waals surface area contributed by atoms with Gasteiger partial charge in [-0.2, -0.15) is 0 Å². The first-order valence-electron chi connectivity index (χ1n) is 10.4.